The number of amides is 1. The van der Waals surface area contributed by atoms with Gasteiger partial charge in [-0.3, -0.25) is 4.90 Å². The van der Waals surface area contributed by atoms with Crippen molar-refractivity contribution in [2.45, 2.75) is 45.4 Å². The van der Waals surface area contributed by atoms with Crippen LogP contribution in [-0.4, -0.2) is 58.9 Å². The monoisotopic (exact) mass is 320 g/mol. The van der Waals surface area contributed by atoms with Gasteiger partial charge in [0.1, 0.15) is 5.60 Å². The molecule has 1 fully saturated rings. The maximum Gasteiger partial charge on any atom is 0.410 e. The Morgan fingerprint density at radius 3 is 2.52 bits per heavy atom. The van der Waals surface area contributed by atoms with Crippen LogP contribution in [0.15, 0.2) is 30.3 Å². The van der Waals surface area contributed by atoms with Crippen molar-refractivity contribution >= 4 is 6.09 Å². The molecule has 5 heteroatoms. The van der Waals surface area contributed by atoms with Gasteiger partial charge < -0.3 is 14.7 Å². The van der Waals surface area contributed by atoms with E-state index in [0.29, 0.717) is 6.54 Å². The van der Waals surface area contributed by atoms with Crippen LogP contribution in [0.5, 0.6) is 0 Å². The van der Waals surface area contributed by atoms with Gasteiger partial charge >= 0.3 is 6.09 Å². The molecule has 0 aromatic heterocycles. The third kappa shape index (κ3) is 5.52. The highest BCUT2D eigenvalue weighted by atomic mass is 16.6. The van der Waals surface area contributed by atoms with Gasteiger partial charge in [0.2, 0.25) is 0 Å². The topological polar surface area (TPSA) is 53.0 Å². The fourth-order valence-electron chi connectivity index (χ4n) is 2.78. The summed E-state index contributed by atoms with van der Waals surface area (Å²) in [6.45, 7) is 8.63. The van der Waals surface area contributed by atoms with Gasteiger partial charge in [-0.25, -0.2) is 4.79 Å². The lowest BCUT2D eigenvalue weighted by Crippen LogP contribution is -2.45. The van der Waals surface area contributed by atoms with Crippen molar-refractivity contribution in [1.82, 2.24) is 9.80 Å². The van der Waals surface area contributed by atoms with Gasteiger partial charge in [-0.05, 0) is 32.8 Å². The van der Waals surface area contributed by atoms with Crippen LogP contribution in [0.1, 0.15) is 32.8 Å². The summed E-state index contributed by atoms with van der Waals surface area (Å²) in [5.74, 6) is 0. The summed E-state index contributed by atoms with van der Waals surface area (Å²) in [5, 5.41) is 9.64. The Bertz CT molecular complexity index is 499. The third-order valence-corrected chi connectivity index (χ3v) is 3.96. The molecule has 0 saturated carbocycles. The van der Waals surface area contributed by atoms with Gasteiger partial charge in [0.05, 0.1) is 12.6 Å². The van der Waals surface area contributed by atoms with E-state index in [-0.39, 0.29) is 18.7 Å². The second-order valence-corrected chi connectivity index (χ2v) is 7.06. The summed E-state index contributed by atoms with van der Waals surface area (Å²) in [5.41, 5.74) is 0.742. The van der Waals surface area contributed by atoms with Crippen molar-refractivity contribution in [2.75, 3.05) is 26.2 Å². The minimum atomic E-state index is -0.521. The number of hydrogen-bond donors (Lipinski definition) is 1. The van der Waals surface area contributed by atoms with E-state index in [1.54, 1.807) is 4.90 Å². The molecule has 1 aromatic rings. The molecule has 1 heterocycles. The summed E-state index contributed by atoms with van der Waals surface area (Å²) in [6.07, 6.45) is 0.417. The third-order valence-electron chi connectivity index (χ3n) is 3.96. The molecule has 0 aliphatic carbocycles. The zero-order valence-corrected chi connectivity index (χ0v) is 14.4. The normalized spacial score (nSPS) is 20.2. The number of ether oxygens (including phenoxy) is 1. The molecule has 1 amide bonds. The summed E-state index contributed by atoms with van der Waals surface area (Å²) in [7, 11) is 0. The Labute approximate surface area is 138 Å². The standard InChI is InChI=1S/C18H28N2O3/c1-18(2,3)23-17(22)20-12-11-19(10-9-16(20)14-21)13-15-7-5-4-6-8-15/h4-8,16,21H,9-14H2,1-3H3/t16-/m0/s1. The highest BCUT2D eigenvalue weighted by Gasteiger charge is 2.30. The highest BCUT2D eigenvalue weighted by Crippen LogP contribution is 2.17. The van der Waals surface area contributed by atoms with Gasteiger partial charge in [-0.15, -0.1) is 0 Å². The first-order chi connectivity index (χ1) is 10.9. The lowest BCUT2D eigenvalue weighted by Gasteiger charge is -2.31. The minimum Gasteiger partial charge on any atom is -0.444 e. The first-order valence-electron chi connectivity index (χ1n) is 8.26. The summed E-state index contributed by atoms with van der Waals surface area (Å²) in [4.78, 5) is 16.4. The molecule has 0 spiro atoms. The van der Waals surface area contributed by atoms with E-state index in [2.05, 4.69) is 17.0 Å². The molecule has 1 aromatic carbocycles. The first kappa shape index (κ1) is 17.8. The van der Waals surface area contributed by atoms with E-state index < -0.39 is 5.60 Å². The van der Waals surface area contributed by atoms with E-state index in [1.165, 1.54) is 5.56 Å². The molecule has 0 bridgehead atoms. The van der Waals surface area contributed by atoms with Crippen LogP contribution in [-0.2, 0) is 11.3 Å². The summed E-state index contributed by atoms with van der Waals surface area (Å²) in [6, 6.07) is 10.1. The van der Waals surface area contributed by atoms with E-state index in [1.807, 2.05) is 39.0 Å². The zero-order valence-electron chi connectivity index (χ0n) is 14.4. The van der Waals surface area contributed by atoms with Crippen molar-refractivity contribution < 1.29 is 14.6 Å². The molecule has 1 aliphatic heterocycles. The largest absolute Gasteiger partial charge is 0.444 e. The second-order valence-electron chi connectivity index (χ2n) is 7.06. The Hall–Kier alpha value is -1.59. The predicted molar refractivity (Wildman–Crippen MR) is 90.1 cm³/mol. The molecular weight excluding hydrogens is 292 g/mol. The predicted octanol–water partition coefficient (Wildman–Crippen LogP) is 2.49. The van der Waals surface area contributed by atoms with Crippen molar-refractivity contribution in [3.63, 3.8) is 0 Å². The van der Waals surface area contributed by atoms with Crippen molar-refractivity contribution in [1.29, 1.82) is 0 Å². The molecular formula is C18H28N2O3. The van der Waals surface area contributed by atoms with Gasteiger partial charge in [0.15, 0.2) is 0 Å². The number of aliphatic hydroxyl groups is 1. The van der Waals surface area contributed by atoms with E-state index >= 15 is 0 Å². The molecule has 128 valence electrons. The average Bonchev–Trinajstić information content (AvgIpc) is 2.69. The number of carbonyl (C=O) groups is 1. The number of nitrogens with zero attached hydrogens (tertiary/aromatic N) is 2. The lowest BCUT2D eigenvalue weighted by atomic mass is 10.2. The van der Waals surface area contributed by atoms with Crippen LogP contribution in [0.2, 0.25) is 0 Å². The molecule has 5 nitrogen and oxygen atoms in total. The smallest absolute Gasteiger partial charge is 0.410 e. The molecule has 1 saturated heterocycles. The fourth-order valence-corrected chi connectivity index (χ4v) is 2.78. The average molecular weight is 320 g/mol. The Balaban J connectivity index is 1.99. The Morgan fingerprint density at radius 2 is 1.91 bits per heavy atom. The van der Waals surface area contributed by atoms with Crippen LogP contribution in [0.4, 0.5) is 4.79 Å². The van der Waals surface area contributed by atoms with Gasteiger partial charge in [-0.2, -0.15) is 0 Å². The summed E-state index contributed by atoms with van der Waals surface area (Å²) < 4.78 is 5.48. The molecule has 23 heavy (non-hydrogen) atoms. The van der Waals surface area contributed by atoms with Gasteiger partial charge in [0.25, 0.3) is 0 Å². The van der Waals surface area contributed by atoms with E-state index in [4.69, 9.17) is 4.74 Å². The van der Waals surface area contributed by atoms with Crippen LogP contribution < -0.4 is 0 Å². The van der Waals surface area contributed by atoms with Gasteiger partial charge in [0, 0.05) is 26.2 Å². The number of carbonyl (C=O) groups excluding carboxylic acids is 1. The van der Waals surface area contributed by atoms with Crippen LogP contribution >= 0.6 is 0 Å². The number of rotatable bonds is 3. The SMILES string of the molecule is CC(C)(C)OC(=O)N1CCN(Cc2ccccc2)CC[C@H]1CO. The molecule has 1 N–H and O–H groups in total. The molecule has 1 aliphatic rings. The van der Waals surface area contributed by atoms with Crippen LogP contribution in [0, 0.1) is 0 Å². The molecule has 2 rings (SSSR count). The fraction of sp³-hybridized carbons (Fsp3) is 0.611. The quantitative estimate of drug-likeness (QED) is 0.930. The summed E-state index contributed by atoms with van der Waals surface area (Å²) >= 11 is 0. The van der Waals surface area contributed by atoms with Crippen molar-refractivity contribution in [2.24, 2.45) is 0 Å². The maximum absolute atomic E-state index is 12.4. The van der Waals surface area contributed by atoms with Crippen molar-refractivity contribution in [3.05, 3.63) is 35.9 Å². The highest BCUT2D eigenvalue weighted by molar-refractivity contribution is 5.68. The van der Waals surface area contributed by atoms with Crippen LogP contribution in [0.25, 0.3) is 0 Å². The van der Waals surface area contributed by atoms with E-state index in [0.717, 1.165) is 26.1 Å². The first-order valence-corrected chi connectivity index (χ1v) is 8.26. The lowest BCUT2D eigenvalue weighted by molar-refractivity contribution is 0.0108. The molecule has 0 unspecified atom stereocenters. The maximum atomic E-state index is 12.4. The minimum absolute atomic E-state index is 0.0293. The number of aliphatic hydroxyl groups excluding tert-OH is 1. The molecule has 0 radical (unpaired) electrons. The Morgan fingerprint density at radius 1 is 1.22 bits per heavy atom. The number of benzene rings is 1. The van der Waals surface area contributed by atoms with Crippen LogP contribution in [0.3, 0.4) is 0 Å². The van der Waals surface area contributed by atoms with Gasteiger partial charge in [-0.1, -0.05) is 30.3 Å². The molecule has 1 atom stereocenters. The number of hydrogen-bond acceptors (Lipinski definition) is 4. The van der Waals surface area contributed by atoms with Crippen molar-refractivity contribution in [3.8, 4) is 0 Å². The Kier molecular flexibility index (Phi) is 6.02. The zero-order chi connectivity index (χ0) is 16.9. The second kappa shape index (κ2) is 7.79. The van der Waals surface area contributed by atoms with E-state index in [9.17, 15) is 9.90 Å².